The summed E-state index contributed by atoms with van der Waals surface area (Å²) < 4.78 is 0. The van der Waals surface area contributed by atoms with E-state index < -0.39 is 0 Å². The predicted molar refractivity (Wildman–Crippen MR) is 220 cm³/mol. The summed E-state index contributed by atoms with van der Waals surface area (Å²) in [6.45, 7) is 14.7. The van der Waals surface area contributed by atoms with Crippen LogP contribution in [0.25, 0.3) is 0 Å². The molecule has 0 rings (SSSR count). The number of hydrogen-bond donors (Lipinski definition) is 1. The van der Waals surface area contributed by atoms with Crippen LogP contribution in [0.1, 0.15) is 265 Å². The van der Waals surface area contributed by atoms with Crippen LogP contribution in [-0.4, -0.2) is 13.1 Å². The molecule has 0 aromatic heterocycles. The van der Waals surface area contributed by atoms with Gasteiger partial charge in [-0.05, 0) is 38.8 Å². The van der Waals surface area contributed by atoms with Crippen molar-refractivity contribution in [3.05, 3.63) is 12.7 Å². The quantitative estimate of drug-likeness (QED) is 0.0509. The molecule has 0 heterocycles. The Morgan fingerprint density at radius 2 is 0.532 bits per heavy atom. The molecule has 0 aliphatic rings. The molecule has 0 aliphatic heterocycles. The normalized spacial score (nSPS) is 11.3. The third-order valence-electron chi connectivity index (χ3n) is 10.4. The molecular formula is C46H95N. The van der Waals surface area contributed by atoms with Crippen LogP contribution >= 0.6 is 0 Å². The molecule has 47 heavy (non-hydrogen) atoms. The van der Waals surface area contributed by atoms with Gasteiger partial charge in [0.15, 0.2) is 0 Å². The predicted octanol–water partition coefficient (Wildman–Crippen LogP) is 16.9. The molecule has 1 nitrogen and oxygen atoms in total. The molecule has 0 saturated carbocycles. The lowest BCUT2D eigenvalue weighted by molar-refractivity contribution is 0.365. The Morgan fingerprint density at radius 3 is 0.766 bits per heavy atom. The van der Waals surface area contributed by atoms with E-state index in [1.165, 1.54) is 251 Å². The Morgan fingerprint density at radius 1 is 0.340 bits per heavy atom. The Labute approximate surface area is 301 Å². The average Bonchev–Trinajstić information content (AvgIpc) is 3.07. The van der Waals surface area contributed by atoms with E-state index in [9.17, 15) is 0 Å². The maximum Gasteiger partial charge on any atom is -0.00489 e. The lowest BCUT2D eigenvalue weighted by Gasteiger charge is -2.17. The molecule has 0 aromatic rings. The number of nitrogens with one attached hydrogen (secondary N) is 1. The zero-order valence-electron chi connectivity index (χ0n) is 33.9. The van der Waals surface area contributed by atoms with Gasteiger partial charge in [0.1, 0.15) is 0 Å². The van der Waals surface area contributed by atoms with Gasteiger partial charge in [-0.2, -0.15) is 0 Å². The Hall–Kier alpha value is -0.300. The standard InChI is InChI=1S/C43H89N.C3H6/c1-4-7-10-13-16-17-18-19-20-21-22-23-24-25-26-31-36-41-44-42-37-32-27-30-35-40-43(38-33-28-14-11-8-5-2)39-34-29-15-12-9-6-3;1-3-2/h43-44H,4-42H2,1-3H3;3H,1H2,2H3. The fourth-order valence-corrected chi connectivity index (χ4v) is 7.17. The fourth-order valence-electron chi connectivity index (χ4n) is 7.17. The van der Waals surface area contributed by atoms with Gasteiger partial charge in [0, 0.05) is 0 Å². The highest BCUT2D eigenvalue weighted by Gasteiger charge is 2.09. The van der Waals surface area contributed by atoms with Crippen LogP contribution in [0, 0.1) is 5.92 Å². The van der Waals surface area contributed by atoms with E-state index >= 15 is 0 Å². The summed E-state index contributed by atoms with van der Waals surface area (Å²) in [4.78, 5) is 0. The molecule has 0 aromatic carbocycles. The minimum Gasteiger partial charge on any atom is -0.317 e. The Kier molecular flexibility index (Phi) is 49.7. The van der Waals surface area contributed by atoms with Gasteiger partial charge in [-0.3, -0.25) is 0 Å². The molecule has 0 fully saturated rings. The first kappa shape index (κ1) is 48.8. The van der Waals surface area contributed by atoms with Crippen molar-refractivity contribution in [1.82, 2.24) is 5.32 Å². The topological polar surface area (TPSA) is 12.0 Å². The molecule has 284 valence electrons. The van der Waals surface area contributed by atoms with Gasteiger partial charge in [-0.15, -0.1) is 6.58 Å². The molecule has 0 radical (unpaired) electrons. The van der Waals surface area contributed by atoms with Crippen molar-refractivity contribution in [2.24, 2.45) is 5.92 Å². The van der Waals surface area contributed by atoms with Crippen LogP contribution in [0.4, 0.5) is 0 Å². The first-order valence-corrected chi connectivity index (χ1v) is 22.5. The van der Waals surface area contributed by atoms with Gasteiger partial charge in [0.25, 0.3) is 0 Å². The van der Waals surface area contributed by atoms with Crippen LogP contribution in [0.5, 0.6) is 0 Å². The smallest absolute Gasteiger partial charge is 0.00489 e. The van der Waals surface area contributed by atoms with Crippen molar-refractivity contribution in [3.63, 3.8) is 0 Å². The van der Waals surface area contributed by atoms with Gasteiger partial charge in [-0.25, -0.2) is 0 Å². The van der Waals surface area contributed by atoms with Crippen LogP contribution in [0.2, 0.25) is 0 Å². The lowest BCUT2D eigenvalue weighted by atomic mass is 9.89. The summed E-state index contributed by atoms with van der Waals surface area (Å²) in [5.41, 5.74) is 0. The monoisotopic (exact) mass is 662 g/mol. The molecule has 0 spiro atoms. The lowest BCUT2D eigenvalue weighted by Crippen LogP contribution is -2.16. The average molecular weight is 662 g/mol. The van der Waals surface area contributed by atoms with Crippen molar-refractivity contribution in [2.75, 3.05) is 13.1 Å². The summed E-state index contributed by atoms with van der Waals surface area (Å²) in [5, 5.41) is 3.73. The van der Waals surface area contributed by atoms with Crippen LogP contribution in [0.3, 0.4) is 0 Å². The molecule has 0 aliphatic carbocycles. The molecule has 1 heteroatoms. The second kappa shape index (κ2) is 47.8. The first-order chi connectivity index (χ1) is 23.3. The van der Waals surface area contributed by atoms with Crippen molar-refractivity contribution in [2.45, 2.75) is 265 Å². The third-order valence-corrected chi connectivity index (χ3v) is 10.4. The van der Waals surface area contributed by atoms with Gasteiger partial charge in [-0.1, -0.05) is 252 Å². The molecule has 0 saturated heterocycles. The highest BCUT2D eigenvalue weighted by atomic mass is 14.8. The van der Waals surface area contributed by atoms with Crippen molar-refractivity contribution >= 4 is 0 Å². The first-order valence-electron chi connectivity index (χ1n) is 22.5. The molecule has 0 bridgehead atoms. The fraction of sp³-hybridized carbons (Fsp3) is 0.957. The van der Waals surface area contributed by atoms with Crippen molar-refractivity contribution < 1.29 is 0 Å². The highest BCUT2D eigenvalue weighted by molar-refractivity contribution is 4.62. The van der Waals surface area contributed by atoms with Gasteiger partial charge in [0.2, 0.25) is 0 Å². The van der Waals surface area contributed by atoms with E-state index in [1.807, 2.05) is 6.92 Å². The van der Waals surface area contributed by atoms with Crippen LogP contribution < -0.4 is 5.32 Å². The summed E-state index contributed by atoms with van der Waals surface area (Å²) in [6.07, 6.45) is 55.9. The van der Waals surface area contributed by atoms with E-state index in [-0.39, 0.29) is 0 Å². The van der Waals surface area contributed by atoms with Crippen molar-refractivity contribution in [1.29, 1.82) is 0 Å². The van der Waals surface area contributed by atoms with E-state index in [1.54, 1.807) is 6.08 Å². The molecule has 1 N–H and O–H groups in total. The molecule has 0 unspecified atom stereocenters. The second-order valence-electron chi connectivity index (χ2n) is 15.4. The largest absolute Gasteiger partial charge is 0.317 e. The van der Waals surface area contributed by atoms with Gasteiger partial charge >= 0.3 is 0 Å². The third kappa shape index (κ3) is 47.9. The number of unbranched alkanes of at least 4 members (excludes halogenated alkanes) is 30. The minimum absolute atomic E-state index is 1.03. The number of rotatable bonds is 40. The zero-order valence-corrected chi connectivity index (χ0v) is 33.9. The highest BCUT2D eigenvalue weighted by Crippen LogP contribution is 2.25. The van der Waals surface area contributed by atoms with Crippen molar-refractivity contribution in [3.8, 4) is 0 Å². The van der Waals surface area contributed by atoms with E-state index in [4.69, 9.17) is 0 Å². The SMILES string of the molecule is C=CC.CCCCCCCCCCCCCCCCCCCNCCCCCCCC(CCCCCCCC)CCCCCCCC. The summed E-state index contributed by atoms with van der Waals surface area (Å²) in [7, 11) is 0. The number of allylic oxidation sites excluding steroid dienone is 1. The Bertz CT molecular complexity index is 497. The zero-order chi connectivity index (χ0) is 34.6. The van der Waals surface area contributed by atoms with Crippen LogP contribution in [-0.2, 0) is 0 Å². The maximum absolute atomic E-state index is 3.73. The van der Waals surface area contributed by atoms with E-state index in [2.05, 4.69) is 32.7 Å². The van der Waals surface area contributed by atoms with E-state index in [0.29, 0.717) is 0 Å². The molecule has 0 amide bonds. The van der Waals surface area contributed by atoms with Gasteiger partial charge < -0.3 is 5.32 Å². The second-order valence-corrected chi connectivity index (χ2v) is 15.4. The van der Waals surface area contributed by atoms with E-state index in [0.717, 1.165) is 5.92 Å². The van der Waals surface area contributed by atoms with Crippen LogP contribution in [0.15, 0.2) is 12.7 Å². The minimum atomic E-state index is 1.03. The molecular weight excluding hydrogens is 567 g/mol. The maximum atomic E-state index is 3.73. The molecule has 0 atom stereocenters. The van der Waals surface area contributed by atoms with Gasteiger partial charge in [0.05, 0.1) is 0 Å². The summed E-state index contributed by atoms with van der Waals surface area (Å²) in [6, 6.07) is 0. The Balaban J connectivity index is 0. The summed E-state index contributed by atoms with van der Waals surface area (Å²) in [5.74, 6) is 1.03. The summed E-state index contributed by atoms with van der Waals surface area (Å²) >= 11 is 0. The number of hydrogen-bond acceptors (Lipinski definition) is 1.